The maximum atomic E-state index is 12.7. The lowest BCUT2D eigenvalue weighted by Crippen LogP contribution is -2.38. The van der Waals surface area contributed by atoms with Crippen LogP contribution in [0.3, 0.4) is 0 Å². The van der Waals surface area contributed by atoms with Crippen LogP contribution in [0.15, 0.2) is 77.3 Å². The number of hydrogen-bond donors (Lipinski definition) is 3. The highest BCUT2D eigenvalue weighted by atomic mass is 79.9. The Kier molecular flexibility index (Phi) is 23.1. The monoisotopic (exact) mass is 1060 g/mol. The van der Waals surface area contributed by atoms with Crippen molar-refractivity contribution in [3.63, 3.8) is 0 Å². The molecule has 0 amide bonds. The molecule has 0 saturated carbocycles. The number of nitrogens with zero attached hydrogens (tertiary/aromatic N) is 3. The first-order valence-electron chi connectivity index (χ1n) is 22.7. The number of alkyl halides is 6. The SMILES string of the molecule is C[C@@H]1NCCc2c(C(O)C(F)F)cccc21.C[C@H]1c2cccc(Br)c2CCN1[B]C=O.C[C@H]1c2cccc(C(=O)C(F)F)c2CCN1[B]C=O.C[C@H]1c2cccc(C(O)C(F)F)c2CCN1[B]C=O.Cl. The van der Waals surface area contributed by atoms with Gasteiger partial charge in [-0.05, 0) is 141 Å². The lowest BCUT2D eigenvalue weighted by atomic mass is 9.81. The van der Waals surface area contributed by atoms with Crippen LogP contribution >= 0.6 is 28.3 Å². The predicted molar refractivity (Wildman–Crippen MR) is 267 cm³/mol. The van der Waals surface area contributed by atoms with Gasteiger partial charge >= 0.3 is 6.43 Å². The van der Waals surface area contributed by atoms with Crippen molar-refractivity contribution < 1.29 is 55.7 Å². The molecule has 4 heterocycles. The van der Waals surface area contributed by atoms with Gasteiger partial charge in [-0.15, -0.1) is 12.4 Å². The maximum absolute atomic E-state index is 12.7. The molecule has 2 unspecified atom stereocenters. The number of halogens is 8. The van der Waals surface area contributed by atoms with Gasteiger partial charge in [-0.25, -0.2) is 26.3 Å². The van der Waals surface area contributed by atoms with Crippen molar-refractivity contribution in [3.05, 3.63) is 138 Å². The number of benzene rings is 4. The number of carbonyl (C=O) groups is 4. The van der Waals surface area contributed by atoms with Gasteiger partial charge in [0, 0.05) is 34.2 Å². The van der Waals surface area contributed by atoms with E-state index in [1.165, 1.54) is 36.5 Å². The standard InChI is InChI=1S/C13H15BF2NO2.C13H13BF2NO2.C12H15F2NO.C11H12BBrNO.ClH/c2*1-8-9-3-2-4-11(12(19)13(15)16)10(9)5-6-17(8)14-7-18;1-7-8-3-2-4-10(11(16)12(13)14)9(8)5-6-15-7;1-8-9-3-2-4-11(13)10(9)5-6-14(8)12-7-15;/h2-4,7-8,12-13,19H,5-6H2,1H3;2-4,7-8,13H,5-6H2,1H3;2-4,7,11-12,15-16H,5-6H2,1H3;2-4,7-8H,5-6H2,1H3;1H/t8-,12?;8-;7-,11?;8-;/m0000./s1. The normalized spacial score (nSPS) is 20.3. The van der Waals surface area contributed by atoms with Crippen LogP contribution in [0.5, 0.6) is 0 Å². The van der Waals surface area contributed by atoms with E-state index in [1.807, 2.05) is 54.7 Å². The zero-order chi connectivity index (χ0) is 50.5. The molecule has 8 rings (SSSR count). The molecule has 3 radical (unpaired) electrons. The van der Waals surface area contributed by atoms with E-state index in [4.69, 9.17) is 0 Å². The fourth-order valence-electron chi connectivity index (χ4n) is 9.51. The van der Waals surface area contributed by atoms with E-state index >= 15 is 0 Å². The molecule has 4 aromatic rings. The van der Waals surface area contributed by atoms with Crippen molar-refractivity contribution in [1.82, 2.24) is 19.7 Å². The number of ketones is 1. The average Bonchev–Trinajstić information content (AvgIpc) is 3.34. The Morgan fingerprint density at radius 3 is 1.44 bits per heavy atom. The molecule has 0 aromatic heterocycles. The molecule has 4 aromatic carbocycles. The summed E-state index contributed by atoms with van der Waals surface area (Å²) in [5.74, 6) is -1.13. The van der Waals surface area contributed by atoms with Crippen molar-refractivity contribution in [2.75, 3.05) is 26.2 Å². The summed E-state index contributed by atoms with van der Waals surface area (Å²) in [4.78, 5) is 48.9. The van der Waals surface area contributed by atoms with Crippen molar-refractivity contribution in [1.29, 1.82) is 0 Å². The second-order valence-electron chi connectivity index (χ2n) is 17.0. The Morgan fingerprint density at radius 2 is 0.986 bits per heavy atom. The van der Waals surface area contributed by atoms with E-state index in [2.05, 4.69) is 45.1 Å². The van der Waals surface area contributed by atoms with E-state index in [1.54, 1.807) is 37.7 Å². The van der Waals surface area contributed by atoms with Crippen LogP contribution in [-0.4, -0.2) is 117 Å². The van der Waals surface area contributed by atoms with Gasteiger partial charge < -0.3 is 44.3 Å². The number of carbonyl (C=O) groups excluding carboxylic acids is 4. The summed E-state index contributed by atoms with van der Waals surface area (Å²) in [5, 5.41) is 22.3. The van der Waals surface area contributed by atoms with Gasteiger partial charge in [0.05, 0.1) is 18.6 Å². The number of nitrogens with one attached hydrogen (secondary N) is 1. The number of rotatable bonds is 12. The molecule has 70 heavy (non-hydrogen) atoms. The molecule has 0 aliphatic carbocycles. The van der Waals surface area contributed by atoms with E-state index < -0.39 is 37.3 Å². The van der Waals surface area contributed by atoms with Gasteiger partial charge in [-0.1, -0.05) is 82.7 Å². The second-order valence-corrected chi connectivity index (χ2v) is 17.9. The van der Waals surface area contributed by atoms with Crippen LogP contribution in [0.1, 0.15) is 130 Å². The Labute approximate surface area is 422 Å². The molecule has 6 atom stereocenters. The van der Waals surface area contributed by atoms with Gasteiger partial charge in [0.1, 0.15) is 12.2 Å². The van der Waals surface area contributed by atoms with Gasteiger partial charge in [0.15, 0.2) is 0 Å². The van der Waals surface area contributed by atoms with Gasteiger partial charge in [-0.3, -0.25) is 4.79 Å². The average molecular weight is 1060 g/mol. The first-order valence-corrected chi connectivity index (χ1v) is 23.5. The smallest absolute Gasteiger partial charge is 0.300 e. The van der Waals surface area contributed by atoms with Crippen molar-refractivity contribution in [2.24, 2.45) is 0 Å². The zero-order valence-corrected chi connectivity index (χ0v) is 41.6. The highest BCUT2D eigenvalue weighted by Gasteiger charge is 2.32. The quantitative estimate of drug-likeness (QED) is 0.0551. The van der Waals surface area contributed by atoms with Crippen molar-refractivity contribution in [3.8, 4) is 0 Å². The number of hydrogen-bond acceptors (Lipinski definition) is 10. The number of aliphatic hydroxyl groups is 2. The van der Waals surface area contributed by atoms with Gasteiger partial charge in [0.25, 0.3) is 35.1 Å². The first-order chi connectivity index (χ1) is 33.0. The summed E-state index contributed by atoms with van der Waals surface area (Å²) in [7, 11) is 4.54. The molecule has 0 saturated heterocycles. The summed E-state index contributed by atoms with van der Waals surface area (Å²) < 4.78 is 76.7. The summed E-state index contributed by atoms with van der Waals surface area (Å²) in [5.41, 5.74) is 8.53. The van der Waals surface area contributed by atoms with E-state index in [9.17, 15) is 55.7 Å². The van der Waals surface area contributed by atoms with Crippen LogP contribution in [0.4, 0.5) is 26.3 Å². The zero-order valence-electron chi connectivity index (χ0n) is 39.2. The van der Waals surface area contributed by atoms with E-state index in [0.717, 1.165) is 59.7 Å². The van der Waals surface area contributed by atoms with Crippen LogP contribution < -0.4 is 5.32 Å². The maximum Gasteiger partial charge on any atom is 0.300 e. The minimum absolute atomic E-state index is 0. The van der Waals surface area contributed by atoms with Crippen LogP contribution in [0.25, 0.3) is 0 Å². The predicted octanol–water partition coefficient (Wildman–Crippen LogP) is 8.37. The fourth-order valence-corrected chi connectivity index (χ4v) is 10.1. The van der Waals surface area contributed by atoms with Crippen LogP contribution in [-0.2, 0) is 40.1 Å². The summed E-state index contributed by atoms with van der Waals surface area (Å²) in [6.45, 7) is 10.7. The molecule has 373 valence electrons. The lowest BCUT2D eigenvalue weighted by Gasteiger charge is -2.35. The molecule has 4 aliphatic rings. The molecule has 0 bridgehead atoms. The van der Waals surface area contributed by atoms with Crippen molar-refractivity contribution >= 4 is 74.9 Å². The second kappa shape index (κ2) is 27.6. The molecule has 0 spiro atoms. The Morgan fingerprint density at radius 1 is 0.600 bits per heavy atom. The Hall–Kier alpha value is -4.14. The molecular formula is C49H56B3BrClF6N4O6. The molecular weight excluding hydrogens is 1000 g/mol. The topological polar surface area (TPSA) is 130 Å². The fraction of sp³-hybridized carbons (Fsp3) is 0.429. The molecule has 0 fully saturated rings. The first kappa shape index (κ1) is 58.4. The minimum Gasteiger partial charge on any atom is -0.382 e. The number of aliphatic hydroxyl groups excluding tert-OH is 2. The van der Waals surface area contributed by atoms with E-state index in [0.29, 0.717) is 55.2 Å². The molecule has 10 nitrogen and oxygen atoms in total. The van der Waals surface area contributed by atoms with Crippen molar-refractivity contribution in [2.45, 2.75) is 109 Å². The van der Waals surface area contributed by atoms with Gasteiger partial charge in [-0.2, -0.15) is 0 Å². The third-order valence-corrected chi connectivity index (χ3v) is 13.9. The summed E-state index contributed by atoms with van der Waals surface area (Å²) in [6, 6.07) is 21.7. The molecule has 4 aliphatic heterocycles. The van der Waals surface area contributed by atoms with Crippen LogP contribution in [0, 0.1) is 0 Å². The van der Waals surface area contributed by atoms with Gasteiger partial charge in [0.2, 0.25) is 5.78 Å². The number of fused-ring (bicyclic) bond motifs is 4. The highest BCUT2D eigenvalue weighted by Crippen LogP contribution is 2.36. The highest BCUT2D eigenvalue weighted by molar-refractivity contribution is 9.10. The third kappa shape index (κ3) is 14.1. The molecule has 3 N–H and O–H groups in total. The largest absolute Gasteiger partial charge is 0.382 e. The summed E-state index contributed by atoms with van der Waals surface area (Å²) in [6.07, 6.45) is -6.91. The number of Topliss-reactive ketones (excluding diaryl/α,β-unsaturated/α-hetero) is 1. The molecule has 21 heteroatoms. The Balaban J connectivity index is 0.000000203. The third-order valence-electron chi connectivity index (χ3n) is 13.2. The van der Waals surface area contributed by atoms with Crippen LogP contribution in [0.2, 0.25) is 0 Å². The lowest BCUT2D eigenvalue weighted by molar-refractivity contribution is -0.00650. The Bertz CT molecular complexity index is 2400. The summed E-state index contributed by atoms with van der Waals surface area (Å²) >= 11 is 3.57. The minimum atomic E-state index is -2.98. The van der Waals surface area contributed by atoms with E-state index in [-0.39, 0.29) is 42.1 Å².